The summed E-state index contributed by atoms with van der Waals surface area (Å²) in [6.07, 6.45) is 0.512. The van der Waals surface area contributed by atoms with Crippen molar-refractivity contribution in [1.29, 1.82) is 5.26 Å². The summed E-state index contributed by atoms with van der Waals surface area (Å²) in [6.45, 7) is 8.10. The summed E-state index contributed by atoms with van der Waals surface area (Å²) >= 11 is 0. The fourth-order valence-electron chi connectivity index (χ4n) is 1.89. The predicted octanol–water partition coefficient (Wildman–Crippen LogP) is 3.73. The Bertz CT molecular complexity index is 506. The van der Waals surface area contributed by atoms with E-state index in [4.69, 9.17) is 10.00 Å². The minimum absolute atomic E-state index is 0.0460. The van der Waals surface area contributed by atoms with Crippen molar-refractivity contribution in [3.8, 4) is 11.8 Å². The van der Waals surface area contributed by atoms with Gasteiger partial charge >= 0.3 is 0 Å². The van der Waals surface area contributed by atoms with Crippen LogP contribution in [0.5, 0.6) is 5.75 Å². The topological polar surface area (TPSA) is 50.1 Å². The van der Waals surface area contributed by atoms with Crippen LogP contribution in [0.1, 0.15) is 50.0 Å². The van der Waals surface area contributed by atoms with E-state index in [9.17, 15) is 4.79 Å². The molecular weight excluding hydrogens is 238 g/mol. The summed E-state index contributed by atoms with van der Waals surface area (Å²) in [5.74, 6) is -0.233. The number of hydrogen-bond acceptors (Lipinski definition) is 3. The summed E-state index contributed by atoms with van der Waals surface area (Å²) in [5.41, 5.74) is 1.52. The second-order valence-electron chi connectivity index (χ2n) is 5.62. The van der Waals surface area contributed by atoms with Crippen molar-refractivity contribution in [2.24, 2.45) is 5.92 Å². The zero-order valence-electron chi connectivity index (χ0n) is 12.3. The van der Waals surface area contributed by atoms with Gasteiger partial charge in [0.25, 0.3) is 0 Å². The van der Waals surface area contributed by atoms with Gasteiger partial charge in [0.2, 0.25) is 0 Å². The van der Waals surface area contributed by atoms with Crippen LogP contribution in [-0.4, -0.2) is 12.9 Å². The predicted molar refractivity (Wildman–Crippen MR) is 75.4 cm³/mol. The maximum absolute atomic E-state index is 12.4. The first-order valence-corrected chi connectivity index (χ1v) is 6.47. The van der Waals surface area contributed by atoms with Gasteiger partial charge in [-0.15, -0.1) is 0 Å². The molecule has 0 bridgehead atoms. The molecule has 0 heterocycles. The molecular formula is C16H21NO2. The Hall–Kier alpha value is -1.82. The minimum atomic E-state index is -0.607. The molecule has 3 nitrogen and oxygen atoms in total. The molecule has 0 aromatic heterocycles. The lowest BCUT2D eigenvalue weighted by molar-refractivity contribution is 0.0943. The van der Waals surface area contributed by atoms with Crippen LogP contribution in [0.15, 0.2) is 18.2 Å². The highest BCUT2D eigenvalue weighted by molar-refractivity contribution is 6.01. The molecule has 102 valence electrons. The normalized spacial score (nSPS) is 12.6. The molecule has 1 unspecified atom stereocenters. The number of ketones is 1. The first-order valence-electron chi connectivity index (χ1n) is 6.47. The van der Waals surface area contributed by atoms with Crippen LogP contribution in [0.3, 0.4) is 0 Å². The molecule has 0 saturated carbocycles. The third-order valence-electron chi connectivity index (χ3n) is 3.21. The van der Waals surface area contributed by atoms with Gasteiger partial charge in [0.15, 0.2) is 5.78 Å². The van der Waals surface area contributed by atoms with E-state index in [0.29, 0.717) is 17.7 Å². The molecule has 1 atom stereocenters. The highest BCUT2D eigenvalue weighted by Gasteiger charge is 2.24. The first kappa shape index (κ1) is 15.2. The third-order valence-corrected chi connectivity index (χ3v) is 3.21. The second kappa shape index (κ2) is 5.88. The van der Waals surface area contributed by atoms with Gasteiger partial charge in [0.05, 0.1) is 18.7 Å². The molecule has 0 aliphatic carbocycles. The summed E-state index contributed by atoms with van der Waals surface area (Å²) in [7, 11) is 1.54. The number of rotatable bonds is 4. The van der Waals surface area contributed by atoms with E-state index in [1.807, 2.05) is 19.1 Å². The maximum Gasteiger partial charge on any atom is 0.183 e. The number of carbonyl (C=O) groups excluding carboxylic acids is 1. The summed E-state index contributed by atoms with van der Waals surface area (Å²) < 4.78 is 5.24. The molecule has 0 fully saturated rings. The van der Waals surface area contributed by atoms with Crippen LogP contribution in [-0.2, 0) is 5.41 Å². The Morgan fingerprint density at radius 2 is 2.05 bits per heavy atom. The number of nitrogens with zero attached hydrogens (tertiary/aromatic N) is 1. The van der Waals surface area contributed by atoms with Crippen molar-refractivity contribution >= 4 is 5.78 Å². The van der Waals surface area contributed by atoms with E-state index < -0.39 is 5.92 Å². The monoisotopic (exact) mass is 259 g/mol. The molecule has 1 aromatic rings. The number of benzene rings is 1. The van der Waals surface area contributed by atoms with E-state index in [0.717, 1.165) is 5.56 Å². The third kappa shape index (κ3) is 3.35. The SMILES string of the molecule is CCC(C#N)C(=O)c1cc(C(C)(C)C)ccc1OC. The van der Waals surface area contributed by atoms with Crippen molar-refractivity contribution in [3.05, 3.63) is 29.3 Å². The zero-order chi connectivity index (χ0) is 14.6. The average Bonchev–Trinajstić information content (AvgIpc) is 2.38. The number of hydrogen-bond donors (Lipinski definition) is 0. The van der Waals surface area contributed by atoms with Gasteiger partial charge in [-0.05, 0) is 29.5 Å². The van der Waals surface area contributed by atoms with E-state index in [1.165, 1.54) is 7.11 Å². The Kier molecular flexibility index (Phi) is 4.72. The number of carbonyl (C=O) groups is 1. The van der Waals surface area contributed by atoms with Crippen LogP contribution in [0, 0.1) is 17.2 Å². The highest BCUT2D eigenvalue weighted by Crippen LogP contribution is 2.29. The van der Waals surface area contributed by atoms with Gasteiger partial charge < -0.3 is 4.74 Å². The fraction of sp³-hybridized carbons (Fsp3) is 0.500. The van der Waals surface area contributed by atoms with Crippen LogP contribution in [0.4, 0.5) is 0 Å². The van der Waals surface area contributed by atoms with Gasteiger partial charge in [-0.25, -0.2) is 0 Å². The molecule has 0 saturated heterocycles. The molecule has 0 aliphatic rings. The van der Waals surface area contributed by atoms with Crippen LogP contribution in [0.2, 0.25) is 0 Å². The smallest absolute Gasteiger partial charge is 0.183 e. The van der Waals surface area contributed by atoms with Crippen molar-refractivity contribution in [1.82, 2.24) is 0 Å². The molecule has 0 radical (unpaired) electrons. The maximum atomic E-state index is 12.4. The molecule has 19 heavy (non-hydrogen) atoms. The number of Topliss-reactive ketones (excluding diaryl/α,β-unsaturated/α-hetero) is 1. The Labute approximate surface area is 115 Å². The average molecular weight is 259 g/mol. The molecule has 0 aliphatic heterocycles. The summed E-state index contributed by atoms with van der Waals surface area (Å²) in [5, 5.41) is 9.04. The Balaban J connectivity index is 3.32. The second-order valence-corrected chi connectivity index (χ2v) is 5.62. The number of methoxy groups -OCH3 is 1. The van der Waals surface area contributed by atoms with E-state index >= 15 is 0 Å². The largest absolute Gasteiger partial charge is 0.496 e. The summed E-state index contributed by atoms with van der Waals surface area (Å²) in [4.78, 5) is 12.4. The number of nitriles is 1. The lowest BCUT2D eigenvalue weighted by Gasteiger charge is -2.21. The van der Waals surface area contributed by atoms with Gasteiger partial charge in [-0.1, -0.05) is 33.8 Å². The molecule has 0 spiro atoms. The summed E-state index contributed by atoms with van der Waals surface area (Å²) in [6, 6.07) is 7.67. The van der Waals surface area contributed by atoms with Gasteiger partial charge in [-0.2, -0.15) is 5.26 Å². The van der Waals surface area contributed by atoms with Crippen molar-refractivity contribution in [2.75, 3.05) is 7.11 Å². The zero-order valence-corrected chi connectivity index (χ0v) is 12.3. The van der Waals surface area contributed by atoms with Crippen LogP contribution < -0.4 is 4.74 Å². The number of ether oxygens (including phenoxy) is 1. The quantitative estimate of drug-likeness (QED) is 0.774. The highest BCUT2D eigenvalue weighted by atomic mass is 16.5. The van der Waals surface area contributed by atoms with Gasteiger partial charge in [0, 0.05) is 0 Å². The molecule has 3 heteroatoms. The van der Waals surface area contributed by atoms with Crippen molar-refractivity contribution in [3.63, 3.8) is 0 Å². The molecule has 0 N–H and O–H groups in total. The first-order chi connectivity index (χ1) is 8.85. The lowest BCUT2D eigenvalue weighted by atomic mass is 9.84. The fourth-order valence-corrected chi connectivity index (χ4v) is 1.89. The van der Waals surface area contributed by atoms with Crippen LogP contribution >= 0.6 is 0 Å². The van der Waals surface area contributed by atoms with Gasteiger partial charge in [0.1, 0.15) is 11.7 Å². The van der Waals surface area contributed by atoms with E-state index in [-0.39, 0.29) is 11.2 Å². The Morgan fingerprint density at radius 3 is 2.47 bits per heavy atom. The van der Waals surface area contributed by atoms with Crippen molar-refractivity contribution in [2.45, 2.75) is 39.5 Å². The molecule has 1 rings (SSSR count). The molecule has 0 amide bonds. The standard InChI is InChI=1S/C16H21NO2/c1-6-11(10-17)15(18)13-9-12(16(2,3)4)7-8-14(13)19-5/h7-9,11H,6H2,1-5H3. The van der Waals surface area contributed by atoms with Crippen molar-refractivity contribution < 1.29 is 9.53 Å². The Morgan fingerprint density at radius 1 is 1.42 bits per heavy atom. The molecule has 1 aromatic carbocycles. The van der Waals surface area contributed by atoms with Crippen LogP contribution in [0.25, 0.3) is 0 Å². The van der Waals surface area contributed by atoms with Gasteiger partial charge in [-0.3, -0.25) is 4.79 Å². The van der Waals surface area contributed by atoms with E-state index in [1.54, 1.807) is 6.07 Å². The van der Waals surface area contributed by atoms with E-state index in [2.05, 4.69) is 26.8 Å². The lowest BCUT2D eigenvalue weighted by Crippen LogP contribution is -2.16. The minimum Gasteiger partial charge on any atom is -0.496 e.